The van der Waals surface area contributed by atoms with Gasteiger partial charge >= 0.3 is 0 Å². The van der Waals surface area contributed by atoms with E-state index in [4.69, 9.17) is 16.3 Å². The Labute approximate surface area is 105 Å². The molecule has 0 aliphatic carbocycles. The predicted octanol–water partition coefficient (Wildman–Crippen LogP) is 2.80. The Bertz CT molecular complexity index is 537. The first kappa shape index (κ1) is 11.9. The van der Waals surface area contributed by atoms with Gasteiger partial charge in [0.1, 0.15) is 11.6 Å². The van der Waals surface area contributed by atoms with Crippen LogP contribution in [0.4, 0.5) is 0 Å². The first-order valence-electron chi connectivity index (χ1n) is 5.42. The van der Waals surface area contributed by atoms with E-state index in [-0.39, 0.29) is 0 Å². The molecule has 5 heteroatoms. The number of aryl methyl sites for hydroxylation is 2. The smallest absolute Gasteiger partial charge is 0.229 e. The van der Waals surface area contributed by atoms with Crippen molar-refractivity contribution >= 4 is 11.6 Å². The van der Waals surface area contributed by atoms with Gasteiger partial charge in [-0.2, -0.15) is 0 Å². The van der Waals surface area contributed by atoms with Crippen LogP contribution >= 0.6 is 11.6 Å². The summed E-state index contributed by atoms with van der Waals surface area (Å²) in [4.78, 5) is 0. The highest BCUT2D eigenvalue weighted by Gasteiger charge is 2.12. The number of ether oxygens (including phenoxy) is 1. The number of aromatic nitrogens is 3. The molecule has 90 valence electrons. The van der Waals surface area contributed by atoms with Crippen LogP contribution in [-0.4, -0.2) is 21.9 Å². The third-order valence-electron chi connectivity index (χ3n) is 2.65. The number of rotatable bonds is 3. The summed E-state index contributed by atoms with van der Waals surface area (Å²) in [6.45, 7) is 4.03. The fourth-order valence-corrected chi connectivity index (χ4v) is 1.99. The van der Waals surface area contributed by atoms with Crippen molar-refractivity contribution in [3.05, 3.63) is 34.9 Å². The van der Waals surface area contributed by atoms with Crippen molar-refractivity contribution < 1.29 is 4.74 Å². The molecule has 0 radical (unpaired) electrons. The first-order chi connectivity index (χ1) is 8.17. The molecule has 4 nitrogen and oxygen atoms in total. The van der Waals surface area contributed by atoms with Gasteiger partial charge in [-0.3, -0.25) is 4.57 Å². The molecule has 0 saturated heterocycles. The molecule has 17 heavy (non-hydrogen) atoms. The minimum Gasteiger partial charge on any atom is -0.497 e. The summed E-state index contributed by atoms with van der Waals surface area (Å²) in [6, 6.07) is 5.83. The third-order valence-corrected chi connectivity index (χ3v) is 2.90. The zero-order valence-corrected chi connectivity index (χ0v) is 10.8. The van der Waals surface area contributed by atoms with Crippen molar-refractivity contribution in [3.63, 3.8) is 0 Å². The maximum atomic E-state index is 6.06. The number of hydrogen-bond donors (Lipinski definition) is 0. The van der Waals surface area contributed by atoms with Crippen LogP contribution < -0.4 is 4.74 Å². The van der Waals surface area contributed by atoms with Gasteiger partial charge in [-0.1, -0.05) is 6.92 Å². The summed E-state index contributed by atoms with van der Waals surface area (Å²) in [7, 11) is 1.65. The summed E-state index contributed by atoms with van der Waals surface area (Å²) in [5.74, 6) is 1.68. The molecule has 0 spiro atoms. The summed E-state index contributed by atoms with van der Waals surface area (Å²) < 4.78 is 7.04. The van der Waals surface area contributed by atoms with Crippen LogP contribution in [0.1, 0.15) is 18.3 Å². The first-order valence-corrected chi connectivity index (χ1v) is 5.80. The van der Waals surface area contributed by atoms with Crippen LogP contribution in [-0.2, 0) is 6.42 Å². The molecule has 2 rings (SSSR count). The maximum absolute atomic E-state index is 6.06. The van der Waals surface area contributed by atoms with Gasteiger partial charge in [0, 0.05) is 6.42 Å². The lowest BCUT2D eigenvalue weighted by molar-refractivity contribution is 0.414. The monoisotopic (exact) mass is 251 g/mol. The van der Waals surface area contributed by atoms with Crippen molar-refractivity contribution in [3.8, 4) is 11.4 Å². The largest absolute Gasteiger partial charge is 0.497 e. The fourth-order valence-electron chi connectivity index (χ4n) is 1.77. The molecule has 0 saturated carbocycles. The minimum atomic E-state index is 0.384. The average molecular weight is 252 g/mol. The second-order valence-electron chi connectivity index (χ2n) is 3.73. The van der Waals surface area contributed by atoms with E-state index in [1.54, 1.807) is 7.11 Å². The SMILES string of the molecule is CCc1nnc(Cl)n1-c1ccc(OC)cc1C. The zero-order chi connectivity index (χ0) is 12.4. The molecule has 0 atom stereocenters. The van der Waals surface area contributed by atoms with Gasteiger partial charge in [-0.25, -0.2) is 0 Å². The lowest BCUT2D eigenvalue weighted by Crippen LogP contribution is -2.02. The lowest BCUT2D eigenvalue weighted by atomic mass is 10.2. The highest BCUT2D eigenvalue weighted by atomic mass is 35.5. The normalized spacial score (nSPS) is 10.6. The number of methoxy groups -OCH3 is 1. The summed E-state index contributed by atoms with van der Waals surface area (Å²) in [6.07, 6.45) is 0.783. The van der Waals surface area contributed by atoms with E-state index in [1.807, 2.05) is 36.6 Å². The Morgan fingerprint density at radius 3 is 2.71 bits per heavy atom. The van der Waals surface area contributed by atoms with Crippen LogP contribution in [0.25, 0.3) is 5.69 Å². The molecule has 0 fully saturated rings. The average Bonchev–Trinajstić information content (AvgIpc) is 2.70. The van der Waals surface area contributed by atoms with Gasteiger partial charge in [0.25, 0.3) is 0 Å². The van der Waals surface area contributed by atoms with E-state index in [9.17, 15) is 0 Å². The quantitative estimate of drug-likeness (QED) is 0.842. The second-order valence-corrected chi connectivity index (χ2v) is 4.06. The van der Waals surface area contributed by atoms with E-state index < -0.39 is 0 Å². The third kappa shape index (κ3) is 2.13. The van der Waals surface area contributed by atoms with E-state index in [0.717, 1.165) is 29.2 Å². The second kappa shape index (κ2) is 4.75. The van der Waals surface area contributed by atoms with Crippen molar-refractivity contribution in [2.75, 3.05) is 7.11 Å². The van der Waals surface area contributed by atoms with E-state index in [1.165, 1.54) is 0 Å². The molecular formula is C12H14ClN3O. The summed E-state index contributed by atoms with van der Waals surface area (Å²) in [5.41, 5.74) is 2.05. The van der Waals surface area contributed by atoms with Crippen molar-refractivity contribution in [2.45, 2.75) is 20.3 Å². The molecule has 1 heterocycles. The lowest BCUT2D eigenvalue weighted by Gasteiger charge is -2.11. The summed E-state index contributed by atoms with van der Waals surface area (Å²) in [5, 5.41) is 8.32. The van der Waals surface area contributed by atoms with E-state index in [2.05, 4.69) is 10.2 Å². The summed E-state index contributed by atoms with van der Waals surface area (Å²) >= 11 is 6.06. The van der Waals surface area contributed by atoms with Crippen LogP contribution in [0.2, 0.25) is 5.28 Å². The molecule has 0 aliphatic heterocycles. The maximum Gasteiger partial charge on any atom is 0.229 e. The molecule has 1 aromatic carbocycles. The Morgan fingerprint density at radius 2 is 2.12 bits per heavy atom. The van der Waals surface area contributed by atoms with Gasteiger partial charge in [0.05, 0.1) is 12.8 Å². The number of benzene rings is 1. The zero-order valence-electron chi connectivity index (χ0n) is 10.1. The molecule has 0 amide bonds. The topological polar surface area (TPSA) is 39.9 Å². The Morgan fingerprint density at radius 1 is 1.35 bits per heavy atom. The molecule has 0 unspecified atom stereocenters. The van der Waals surface area contributed by atoms with Crippen LogP contribution in [0.5, 0.6) is 5.75 Å². The van der Waals surface area contributed by atoms with Gasteiger partial charge in [0.2, 0.25) is 5.28 Å². The van der Waals surface area contributed by atoms with Crippen molar-refractivity contribution in [1.82, 2.24) is 14.8 Å². The molecular weight excluding hydrogens is 238 g/mol. The van der Waals surface area contributed by atoms with Gasteiger partial charge in [-0.15, -0.1) is 10.2 Å². The highest BCUT2D eigenvalue weighted by molar-refractivity contribution is 6.28. The highest BCUT2D eigenvalue weighted by Crippen LogP contribution is 2.24. The standard InChI is InChI=1S/C12H14ClN3O/c1-4-11-14-15-12(13)16(11)10-6-5-9(17-3)7-8(10)2/h5-7H,4H2,1-3H3. The minimum absolute atomic E-state index is 0.384. The van der Waals surface area contributed by atoms with E-state index >= 15 is 0 Å². The predicted molar refractivity (Wildman–Crippen MR) is 67.0 cm³/mol. The van der Waals surface area contributed by atoms with Gasteiger partial charge in [0.15, 0.2) is 0 Å². The van der Waals surface area contributed by atoms with E-state index in [0.29, 0.717) is 5.28 Å². The van der Waals surface area contributed by atoms with Gasteiger partial charge < -0.3 is 4.74 Å². The Kier molecular flexibility index (Phi) is 3.33. The van der Waals surface area contributed by atoms with Crippen LogP contribution in [0.3, 0.4) is 0 Å². The number of nitrogens with zero attached hydrogens (tertiary/aromatic N) is 3. The molecule has 0 bridgehead atoms. The molecule has 0 aliphatic rings. The Hall–Kier alpha value is -1.55. The number of halogens is 1. The van der Waals surface area contributed by atoms with Crippen LogP contribution in [0, 0.1) is 6.92 Å². The molecule has 1 aromatic heterocycles. The Balaban J connectivity index is 2.56. The van der Waals surface area contributed by atoms with Crippen LogP contribution in [0.15, 0.2) is 18.2 Å². The fraction of sp³-hybridized carbons (Fsp3) is 0.333. The van der Waals surface area contributed by atoms with Crippen molar-refractivity contribution in [1.29, 1.82) is 0 Å². The van der Waals surface area contributed by atoms with Crippen molar-refractivity contribution in [2.24, 2.45) is 0 Å². The molecule has 0 N–H and O–H groups in total. The number of hydrogen-bond acceptors (Lipinski definition) is 3. The van der Waals surface area contributed by atoms with Gasteiger partial charge in [-0.05, 0) is 42.3 Å². The molecule has 2 aromatic rings.